The first-order chi connectivity index (χ1) is 13.5. The fourth-order valence-electron chi connectivity index (χ4n) is 3.15. The zero-order chi connectivity index (χ0) is 19.7. The first-order valence-corrected chi connectivity index (χ1v) is 8.85. The Morgan fingerprint density at radius 2 is 1.86 bits per heavy atom. The quantitative estimate of drug-likeness (QED) is 0.552. The summed E-state index contributed by atoms with van der Waals surface area (Å²) in [7, 11) is 0. The van der Waals surface area contributed by atoms with Crippen LogP contribution in [0.4, 0.5) is 11.5 Å². The van der Waals surface area contributed by atoms with Crippen LogP contribution in [-0.4, -0.2) is 20.9 Å². The Kier molecular flexibility index (Phi) is 4.45. The van der Waals surface area contributed by atoms with Gasteiger partial charge in [0.05, 0.1) is 23.3 Å². The number of para-hydroxylation sites is 1. The second kappa shape index (κ2) is 7.08. The summed E-state index contributed by atoms with van der Waals surface area (Å²) in [6, 6.07) is 15.2. The van der Waals surface area contributed by atoms with Gasteiger partial charge in [0, 0.05) is 23.4 Å². The van der Waals surface area contributed by atoms with Crippen molar-refractivity contribution in [2.24, 2.45) is 0 Å². The van der Waals surface area contributed by atoms with Gasteiger partial charge >= 0.3 is 0 Å². The van der Waals surface area contributed by atoms with Crippen LogP contribution in [0.25, 0.3) is 21.9 Å². The molecule has 4 rings (SSSR count). The molecule has 6 heteroatoms. The van der Waals surface area contributed by atoms with Crippen LogP contribution in [0, 0.1) is 0 Å². The van der Waals surface area contributed by atoms with Crippen LogP contribution in [0.5, 0.6) is 0 Å². The fourth-order valence-corrected chi connectivity index (χ4v) is 3.15. The zero-order valence-electron chi connectivity index (χ0n) is 15.5. The van der Waals surface area contributed by atoms with E-state index >= 15 is 0 Å². The number of pyridine rings is 1. The highest BCUT2D eigenvalue weighted by Crippen LogP contribution is 2.27. The first kappa shape index (κ1) is 17.6. The lowest BCUT2D eigenvalue weighted by Gasteiger charge is -2.24. The molecule has 2 heterocycles. The van der Waals surface area contributed by atoms with E-state index in [9.17, 15) is 4.79 Å². The van der Waals surface area contributed by atoms with Crippen molar-refractivity contribution >= 4 is 39.3 Å². The van der Waals surface area contributed by atoms with E-state index in [0.29, 0.717) is 29.1 Å². The van der Waals surface area contributed by atoms with Gasteiger partial charge in [0.15, 0.2) is 0 Å². The largest absolute Gasteiger partial charge is 0.384 e. The molecule has 6 nitrogen and oxygen atoms in total. The molecule has 1 amide bonds. The molecule has 138 valence electrons. The lowest BCUT2D eigenvalue weighted by molar-refractivity contribution is -0.115. The van der Waals surface area contributed by atoms with Crippen molar-refractivity contribution in [3.8, 4) is 0 Å². The molecule has 0 unspecified atom stereocenters. The van der Waals surface area contributed by atoms with Gasteiger partial charge in [0.2, 0.25) is 0 Å². The second-order valence-corrected chi connectivity index (χ2v) is 6.64. The van der Waals surface area contributed by atoms with Crippen LogP contribution >= 0.6 is 0 Å². The Morgan fingerprint density at radius 1 is 1.07 bits per heavy atom. The minimum Gasteiger partial charge on any atom is -0.384 e. The van der Waals surface area contributed by atoms with E-state index in [1.54, 1.807) is 30.3 Å². The molecule has 0 saturated heterocycles. The highest BCUT2D eigenvalue weighted by Gasteiger charge is 2.20. The van der Waals surface area contributed by atoms with Gasteiger partial charge in [0.1, 0.15) is 11.3 Å². The highest BCUT2D eigenvalue weighted by atomic mass is 16.2. The minimum atomic E-state index is -0.168. The number of hydrogen-bond acceptors (Lipinski definition) is 5. The van der Waals surface area contributed by atoms with E-state index in [0.717, 1.165) is 22.0 Å². The van der Waals surface area contributed by atoms with Crippen molar-refractivity contribution in [1.29, 1.82) is 0 Å². The Hall–Kier alpha value is -3.80. The monoisotopic (exact) mass is 369 g/mol. The number of benzene rings is 2. The van der Waals surface area contributed by atoms with Crippen LogP contribution in [0.2, 0.25) is 0 Å². The van der Waals surface area contributed by atoms with E-state index in [-0.39, 0.29) is 5.91 Å². The standard InChI is InChI=1S/C22H19N5O/c1-14(2)22(28)27(19-5-3-4-17-21(19)25-11-10-24-17)13-15-6-7-16-8-9-20(23)26-18(16)12-15/h3-12H,1,13H2,2H3,(H2,23,26). The molecule has 0 fully saturated rings. The molecule has 0 atom stereocenters. The maximum Gasteiger partial charge on any atom is 0.253 e. The Balaban J connectivity index is 1.81. The predicted molar refractivity (Wildman–Crippen MR) is 112 cm³/mol. The van der Waals surface area contributed by atoms with Crippen molar-refractivity contribution in [1.82, 2.24) is 15.0 Å². The Labute approximate surface area is 162 Å². The van der Waals surface area contributed by atoms with Gasteiger partial charge in [-0.05, 0) is 42.8 Å². The lowest BCUT2D eigenvalue weighted by atomic mass is 10.1. The number of rotatable bonds is 4. The average Bonchev–Trinajstić information content (AvgIpc) is 2.70. The summed E-state index contributed by atoms with van der Waals surface area (Å²) in [6.07, 6.45) is 3.26. The van der Waals surface area contributed by atoms with E-state index < -0.39 is 0 Å². The molecule has 0 spiro atoms. The number of aromatic nitrogens is 3. The zero-order valence-corrected chi connectivity index (χ0v) is 15.5. The molecule has 0 radical (unpaired) electrons. The number of amides is 1. The third kappa shape index (κ3) is 3.27. The third-order valence-electron chi connectivity index (χ3n) is 4.50. The number of fused-ring (bicyclic) bond motifs is 2. The number of hydrogen-bond donors (Lipinski definition) is 1. The normalized spacial score (nSPS) is 10.9. The summed E-state index contributed by atoms with van der Waals surface area (Å²) in [6.45, 7) is 5.89. The number of anilines is 2. The van der Waals surface area contributed by atoms with Gasteiger partial charge < -0.3 is 10.6 Å². The van der Waals surface area contributed by atoms with Gasteiger partial charge in [-0.2, -0.15) is 0 Å². The van der Waals surface area contributed by atoms with Crippen molar-refractivity contribution in [3.05, 3.63) is 78.6 Å². The second-order valence-electron chi connectivity index (χ2n) is 6.64. The fraction of sp³-hybridized carbons (Fsp3) is 0.0909. The molecular weight excluding hydrogens is 350 g/mol. The van der Waals surface area contributed by atoms with Crippen LogP contribution in [0.1, 0.15) is 12.5 Å². The number of nitrogen functional groups attached to an aromatic ring is 1. The molecule has 0 aliphatic heterocycles. The molecule has 4 aromatic rings. The maximum absolute atomic E-state index is 13.0. The maximum atomic E-state index is 13.0. The number of carbonyl (C=O) groups excluding carboxylic acids is 1. The summed E-state index contributed by atoms with van der Waals surface area (Å²) in [4.78, 5) is 27.8. The summed E-state index contributed by atoms with van der Waals surface area (Å²) < 4.78 is 0. The number of nitrogens with zero attached hydrogens (tertiary/aromatic N) is 4. The van der Waals surface area contributed by atoms with Crippen molar-refractivity contribution in [3.63, 3.8) is 0 Å². The topological polar surface area (TPSA) is 85.0 Å². The molecule has 2 aromatic heterocycles. The van der Waals surface area contributed by atoms with Gasteiger partial charge in [-0.1, -0.05) is 24.8 Å². The Bertz CT molecular complexity index is 1210. The third-order valence-corrected chi connectivity index (χ3v) is 4.50. The first-order valence-electron chi connectivity index (χ1n) is 8.85. The van der Waals surface area contributed by atoms with E-state index in [1.807, 2.05) is 42.5 Å². The minimum absolute atomic E-state index is 0.168. The Morgan fingerprint density at radius 3 is 2.68 bits per heavy atom. The molecule has 0 aliphatic rings. The average molecular weight is 369 g/mol. The van der Waals surface area contributed by atoms with Crippen LogP contribution in [-0.2, 0) is 11.3 Å². The van der Waals surface area contributed by atoms with Gasteiger partial charge in [0.25, 0.3) is 5.91 Å². The summed E-state index contributed by atoms with van der Waals surface area (Å²) in [5.41, 5.74) is 10.1. The van der Waals surface area contributed by atoms with E-state index in [1.165, 1.54) is 0 Å². The van der Waals surface area contributed by atoms with Gasteiger partial charge in [-0.15, -0.1) is 0 Å². The molecule has 0 aliphatic carbocycles. The van der Waals surface area contributed by atoms with Crippen LogP contribution in [0.15, 0.2) is 73.1 Å². The smallest absolute Gasteiger partial charge is 0.253 e. The predicted octanol–water partition coefficient (Wildman–Crippen LogP) is 3.87. The van der Waals surface area contributed by atoms with Gasteiger partial charge in [-0.25, -0.2) is 4.98 Å². The number of nitrogens with two attached hydrogens (primary N) is 1. The van der Waals surface area contributed by atoms with Crippen molar-refractivity contribution < 1.29 is 4.79 Å². The SMILES string of the molecule is C=C(C)C(=O)N(Cc1ccc2ccc(N)nc2c1)c1cccc2nccnc12. The molecule has 2 aromatic carbocycles. The van der Waals surface area contributed by atoms with Gasteiger partial charge in [-0.3, -0.25) is 14.8 Å². The van der Waals surface area contributed by atoms with Crippen LogP contribution in [0.3, 0.4) is 0 Å². The molecule has 28 heavy (non-hydrogen) atoms. The molecule has 2 N–H and O–H groups in total. The highest BCUT2D eigenvalue weighted by molar-refractivity contribution is 6.08. The van der Waals surface area contributed by atoms with E-state index in [4.69, 9.17) is 5.73 Å². The van der Waals surface area contributed by atoms with Crippen molar-refractivity contribution in [2.75, 3.05) is 10.6 Å². The summed E-state index contributed by atoms with van der Waals surface area (Å²) in [5.74, 6) is 0.294. The molecule has 0 bridgehead atoms. The number of carbonyl (C=O) groups is 1. The molecule has 0 saturated carbocycles. The molecular formula is C22H19N5O. The summed E-state index contributed by atoms with van der Waals surface area (Å²) >= 11 is 0. The van der Waals surface area contributed by atoms with Crippen LogP contribution < -0.4 is 10.6 Å². The van der Waals surface area contributed by atoms with Crippen molar-refractivity contribution in [2.45, 2.75) is 13.5 Å². The lowest BCUT2D eigenvalue weighted by Crippen LogP contribution is -2.31. The van der Waals surface area contributed by atoms with E-state index in [2.05, 4.69) is 21.5 Å². The summed E-state index contributed by atoms with van der Waals surface area (Å²) in [5, 5.41) is 0.992.